The molecule has 0 bridgehead atoms. The third kappa shape index (κ3) is 4.23. The zero-order valence-electron chi connectivity index (χ0n) is 11.6. The van der Waals surface area contributed by atoms with E-state index in [0.29, 0.717) is 10.6 Å². The molecule has 2 aromatic rings. The van der Waals surface area contributed by atoms with Gasteiger partial charge in [-0.25, -0.2) is 4.79 Å². The Morgan fingerprint density at radius 3 is 2.45 bits per heavy atom. The molecule has 0 atom stereocenters. The van der Waals surface area contributed by atoms with Crippen LogP contribution < -0.4 is 10.5 Å². The average molecular weight is 320 g/mol. The van der Waals surface area contributed by atoms with E-state index in [0.717, 1.165) is 0 Å². The molecule has 0 heterocycles. The predicted octanol–water partition coefficient (Wildman–Crippen LogP) is 2.56. The maximum Gasteiger partial charge on any atom is 0.344 e. The van der Waals surface area contributed by atoms with Crippen LogP contribution in [0.3, 0.4) is 0 Å². The number of amides is 1. The first kappa shape index (κ1) is 15.9. The largest absolute Gasteiger partial charge is 0.481 e. The lowest BCUT2D eigenvalue weighted by molar-refractivity contribution is -0.147. The molecule has 114 valence electrons. The number of nitrogens with two attached hydrogens (primary N) is 1. The number of ether oxygens (including phenoxy) is 2. The van der Waals surface area contributed by atoms with Crippen molar-refractivity contribution in [1.82, 2.24) is 0 Å². The highest BCUT2D eigenvalue weighted by molar-refractivity contribution is 6.31. The highest BCUT2D eigenvalue weighted by Gasteiger charge is 2.11. The van der Waals surface area contributed by atoms with Crippen LogP contribution in [0.2, 0.25) is 5.02 Å². The van der Waals surface area contributed by atoms with Gasteiger partial charge in [-0.3, -0.25) is 4.79 Å². The van der Waals surface area contributed by atoms with E-state index in [2.05, 4.69) is 0 Å². The molecule has 0 radical (unpaired) electrons. The molecule has 0 fully saturated rings. The van der Waals surface area contributed by atoms with Crippen LogP contribution in [0.1, 0.15) is 15.9 Å². The Kier molecular flexibility index (Phi) is 5.38. The molecule has 0 spiro atoms. The summed E-state index contributed by atoms with van der Waals surface area (Å²) in [6.07, 6.45) is 0. The Morgan fingerprint density at radius 1 is 1.05 bits per heavy atom. The molecule has 1 amide bonds. The number of esters is 1. The molecule has 0 aromatic heterocycles. The molecule has 2 rings (SSSR count). The minimum atomic E-state index is -0.625. The number of rotatable bonds is 6. The van der Waals surface area contributed by atoms with Gasteiger partial charge in [-0.2, -0.15) is 0 Å². The van der Waals surface area contributed by atoms with Gasteiger partial charge >= 0.3 is 5.97 Å². The molecule has 0 saturated heterocycles. The summed E-state index contributed by atoms with van der Waals surface area (Å²) >= 11 is 5.96. The lowest BCUT2D eigenvalue weighted by Crippen LogP contribution is -2.18. The van der Waals surface area contributed by atoms with Crippen LogP contribution in [0.5, 0.6) is 5.75 Å². The smallest absolute Gasteiger partial charge is 0.344 e. The van der Waals surface area contributed by atoms with Crippen molar-refractivity contribution in [2.75, 3.05) is 6.61 Å². The lowest BCUT2D eigenvalue weighted by atomic mass is 10.2. The van der Waals surface area contributed by atoms with Gasteiger partial charge in [-0.15, -0.1) is 0 Å². The Hall–Kier alpha value is -2.53. The number of hydrogen-bond acceptors (Lipinski definition) is 4. The number of hydrogen-bond donors (Lipinski definition) is 1. The van der Waals surface area contributed by atoms with Crippen molar-refractivity contribution in [3.05, 3.63) is 64.7 Å². The van der Waals surface area contributed by atoms with Crippen molar-refractivity contribution in [3.63, 3.8) is 0 Å². The van der Waals surface area contributed by atoms with Crippen molar-refractivity contribution in [2.45, 2.75) is 6.61 Å². The molecular weight excluding hydrogens is 306 g/mol. The monoisotopic (exact) mass is 319 g/mol. The second-order valence-electron chi connectivity index (χ2n) is 4.40. The van der Waals surface area contributed by atoms with Gasteiger partial charge in [0.1, 0.15) is 12.4 Å². The topological polar surface area (TPSA) is 78.6 Å². The lowest BCUT2D eigenvalue weighted by Gasteiger charge is -2.10. The van der Waals surface area contributed by atoms with E-state index in [1.165, 1.54) is 6.07 Å². The van der Waals surface area contributed by atoms with E-state index in [4.69, 9.17) is 26.8 Å². The second kappa shape index (κ2) is 7.47. The molecule has 0 aliphatic carbocycles. The summed E-state index contributed by atoms with van der Waals surface area (Å²) in [4.78, 5) is 22.9. The van der Waals surface area contributed by atoms with Crippen LogP contribution in [0, 0.1) is 0 Å². The third-order valence-electron chi connectivity index (χ3n) is 2.84. The molecule has 0 saturated carbocycles. The molecular formula is C16H14ClNO4. The molecule has 2 aromatic carbocycles. The number of para-hydroxylation sites is 1. The second-order valence-corrected chi connectivity index (χ2v) is 4.81. The normalized spacial score (nSPS) is 10.0. The van der Waals surface area contributed by atoms with Gasteiger partial charge in [-0.05, 0) is 18.2 Å². The van der Waals surface area contributed by atoms with Crippen molar-refractivity contribution in [3.8, 4) is 5.75 Å². The van der Waals surface area contributed by atoms with Crippen molar-refractivity contribution >= 4 is 23.5 Å². The predicted molar refractivity (Wildman–Crippen MR) is 81.7 cm³/mol. The maximum absolute atomic E-state index is 11.7. The minimum Gasteiger partial charge on any atom is -0.481 e. The molecule has 6 heteroatoms. The Bertz CT molecular complexity index is 687. The van der Waals surface area contributed by atoms with Gasteiger partial charge in [0.25, 0.3) is 5.91 Å². The summed E-state index contributed by atoms with van der Waals surface area (Å²) in [5, 5.41) is 0.523. The summed E-state index contributed by atoms with van der Waals surface area (Å²) in [6.45, 7) is -0.270. The van der Waals surface area contributed by atoms with E-state index in [-0.39, 0.29) is 24.5 Å². The summed E-state index contributed by atoms with van der Waals surface area (Å²) < 4.78 is 10.3. The van der Waals surface area contributed by atoms with Crippen LogP contribution in [0.25, 0.3) is 0 Å². The molecule has 0 unspecified atom stereocenters. The van der Waals surface area contributed by atoms with Crippen molar-refractivity contribution in [1.29, 1.82) is 0 Å². The van der Waals surface area contributed by atoms with Gasteiger partial charge in [0.05, 0.1) is 5.56 Å². The van der Waals surface area contributed by atoms with E-state index >= 15 is 0 Å². The zero-order chi connectivity index (χ0) is 15.9. The van der Waals surface area contributed by atoms with Crippen LogP contribution in [0.4, 0.5) is 0 Å². The summed E-state index contributed by atoms with van der Waals surface area (Å²) in [5.74, 6) is -0.955. The fourth-order valence-corrected chi connectivity index (χ4v) is 1.94. The minimum absolute atomic E-state index is 0.0549. The summed E-state index contributed by atoms with van der Waals surface area (Å²) in [7, 11) is 0. The maximum atomic E-state index is 11.7. The highest BCUT2D eigenvalue weighted by atomic mass is 35.5. The van der Waals surface area contributed by atoms with Gasteiger partial charge in [0, 0.05) is 10.6 Å². The van der Waals surface area contributed by atoms with Gasteiger partial charge in [0.15, 0.2) is 6.61 Å². The Morgan fingerprint density at radius 2 is 1.73 bits per heavy atom. The Labute approximate surface area is 132 Å². The molecule has 2 N–H and O–H groups in total. The molecule has 22 heavy (non-hydrogen) atoms. The Balaban J connectivity index is 1.89. The SMILES string of the molecule is NC(=O)c1ccccc1OCC(=O)OCc1ccccc1Cl. The van der Waals surface area contributed by atoms with Crippen molar-refractivity contribution in [2.24, 2.45) is 5.73 Å². The summed E-state index contributed by atoms with van der Waals surface area (Å²) in [6, 6.07) is 13.5. The van der Waals surface area contributed by atoms with E-state index in [1.54, 1.807) is 42.5 Å². The van der Waals surface area contributed by atoms with E-state index < -0.39 is 11.9 Å². The molecule has 0 aliphatic heterocycles. The standard InChI is InChI=1S/C16H14ClNO4/c17-13-7-3-1-5-11(13)9-22-15(19)10-21-14-8-4-2-6-12(14)16(18)20/h1-8H,9-10H2,(H2,18,20). The van der Waals surface area contributed by atoms with E-state index in [9.17, 15) is 9.59 Å². The average Bonchev–Trinajstić information content (AvgIpc) is 2.52. The van der Waals surface area contributed by atoms with Gasteiger partial charge < -0.3 is 15.2 Å². The van der Waals surface area contributed by atoms with Crippen molar-refractivity contribution < 1.29 is 19.1 Å². The summed E-state index contributed by atoms with van der Waals surface area (Å²) in [5.41, 5.74) is 6.14. The fourth-order valence-electron chi connectivity index (χ4n) is 1.75. The number of carbonyl (C=O) groups excluding carboxylic acids is 2. The molecule has 0 aliphatic rings. The third-order valence-corrected chi connectivity index (χ3v) is 3.21. The zero-order valence-corrected chi connectivity index (χ0v) is 12.4. The van der Waals surface area contributed by atoms with Crippen LogP contribution in [0.15, 0.2) is 48.5 Å². The number of primary amides is 1. The number of halogens is 1. The van der Waals surface area contributed by atoms with Gasteiger partial charge in [-0.1, -0.05) is 41.9 Å². The highest BCUT2D eigenvalue weighted by Crippen LogP contribution is 2.18. The van der Waals surface area contributed by atoms with E-state index in [1.807, 2.05) is 0 Å². The first-order chi connectivity index (χ1) is 10.6. The van der Waals surface area contributed by atoms with Crippen LogP contribution >= 0.6 is 11.6 Å². The number of carbonyl (C=O) groups is 2. The number of benzene rings is 2. The quantitative estimate of drug-likeness (QED) is 0.830. The molecule has 5 nitrogen and oxygen atoms in total. The first-order valence-electron chi connectivity index (χ1n) is 6.48. The van der Waals surface area contributed by atoms with Crippen LogP contribution in [-0.2, 0) is 16.1 Å². The fraction of sp³-hybridized carbons (Fsp3) is 0.125. The van der Waals surface area contributed by atoms with Crippen LogP contribution in [-0.4, -0.2) is 18.5 Å². The van der Waals surface area contributed by atoms with Gasteiger partial charge in [0.2, 0.25) is 0 Å². The first-order valence-corrected chi connectivity index (χ1v) is 6.86.